The zero-order chi connectivity index (χ0) is 15.5. The van der Waals surface area contributed by atoms with Gasteiger partial charge in [0.1, 0.15) is 17.4 Å². The normalized spacial score (nSPS) is 10.9. The molecule has 2 aromatic carbocycles. The van der Waals surface area contributed by atoms with Crippen molar-refractivity contribution in [3.63, 3.8) is 0 Å². The van der Waals surface area contributed by atoms with E-state index in [-0.39, 0.29) is 0 Å². The molecule has 4 heteroatoms. The Bertz CT molecular complexity index is 817. The molecule has 22 heavy (non-hydrogen) atoms. The first kappa shape index (κ1) is 15.1. The second kappa shape index (κ2) is 6.55. The molecule has 0 aliphatic carbocycles. The van der Waals surface area contributed by atoms with Gasteiger partial charge in [-0.25, -0.2) is 4.98 Å². The monoisotopic (exact) mass is 331 g/mol. The van der Waals surface area contributed by atoms with E-state index in [1.54, 1.807) is 0 Å². The highest BCUT2D eigenvalue weighted by atomic mass is 35.5. The van der Waals surface area contributed by atoms with Gasteiger partial charge >= 0.3 is 0 Å². The standard InChI is InChI=1S/C18H15Cl2NO/c1-12-6-2-3-7-13(12)17-16(20)18(22-11-10-19)14-8-4-5-9-15(14)21-17/h2-9H,10-11H2,1H3. The molecule has 0 amide bonds. The zero-order valence-corrected chi connectivity index (χ0v) is 13.7. The van der Waals surface area contributed by atoms with Crippen molar-refractivity contribution in [2.45, 2.75) is 6.92 Å². The van der Waals surface area contributed by atoms with Gasteiger partial charge in [-0.05, 0) is 24.6 Å². The van der Waals surface area contributed by atoms with Gasteiger partial charge in [-0.1, -0.05) is 48.0 Å². The molecule has 0 radical (unpaired) electrons. The minimum absolute atomic E-state index is 0.405. The number of pyridine rings is 1. The minimum Gasteiger partial charge on any atom is -0.490 e. The smallest absolute Gasteiger partial charge is 0.149 e. The number of alkyl halides is 1. The Morgan fingerprint density at radius 1 is 1.05 bits per heavy atom. The number of aryl methyl sites for hydroxylation is 1. The molecular weight excluding hydrogens is 317 g/mol. The summed E-state index contributed by atoms with van der Waals surface area (Å²) in [5, 5.41) is 1.42. The lowest BCUT2D eigenvalue weighted by molar-refractivity contribution is 0.347. The highest BCUT2D eigenvalue weighted by Gasteiger charge is 2.17. The molecule has 0 unspecified atom stereocenters. The van der Waals surface area contributed by atoms with Gasteiger partial charge in [0.05, 0.1) is 17.1 Å². The quantitative estimate of drug-likeness (QED) is 0.590. The van der Waals surface area contributed by atoms with Crippen molar-refractivity contribution in [1.29, 1.82) is 0 Å². The summed E-state index contributed by atoms with van der Waals surface area (Å²) in [7, 11) is 0. The molecule has 1 heterocycles. The zero-order valence-electron chi connectivity index (χ0n) is 12.1. The van der Waals surface area contributed by atoms with Crippen LogP contribution in [0.4, 0.5) is 0 Å². The van der Waals surface area contributed by atoms with E-state index in [4.69, 9.17) is 32.9 Å². The van der Waals surface area contributed by atoms with Crippen molar-refractivity contribution in [3.8, 4) is 17.0 Å². The maximum absolute atomic E-state index is 6.60. The first-order chi connectivity index (χ1) is 10.7. The second-order valence-corrected chi connectivity index (χ2v) is 5.73. The van der Waals surface area contributed by atoms with Crippen LogP contribution in [0.2, 0.25) is 5.02 Å². The van der Waals surface area contributed by atoms with Crippen molar-refractivity contribution in [3.05, 3.63) is 59.1 Å². The van der Waals surface area contributed by atoms with Crippen LogP contribution in [-0.4, -0.2) is 17.5 Å². The second-order valence-electron chi connectivity index (χ2n) is 4.97. The first-order valence-corrected chi connectivity index (χ1v) is 7.96. The molecule has 0 atom stereocenters. The number of hydrogen-bond acceptors (Lipinski definition) is 2. The van der Waals surface area contributed by atoms with Gasteiger partial charge in [0.2, 0.25) is 0 Å². The fourth-order valence-corrected chi connectivity index (χ4v) is 2.83. The van der Waals surface area contributed by atoms with Gasteiger partial charge in [-0.2, -0.15) is 0 Å². The van der Waals surface area contributed by atoms with E-state index >= 15 is 0 Å². The molecule has 0 aliphatic heterocycles. The first-order valence-electron chi connectivity index (χ1n) is 7.05. The van der Waals surface area contributed by atoms with Crippen LogP contribution in [0.15, 0.2) is 48.5 Å². The predicted molar refractivity (Wildman–Crippen MR) is 93.1 cm³/mol. The Hall–Kier alpha value is -1.77. The molecular formula is C18H15Cl2NO. The fraction of sp³-hybridized carbons (Fsp3) is 0.167. The summed E-state index contributed by atoms with van der Waals surface area (Å²) in [6.07, 6.45) is 0. The molecule has 3 aromatic rings. The Morgan fingerprint density at radius 2 is 1.77 bits per heavy atom. The highest BCUT2D eigenvalue weighted by Crippen LogP contribution is 2.40. The van der Waals surface area contributed by atoms with E-state index in [0.29, 0.717) is 23.3 Å². The largest absolute Gasteiger partial charge is 0.490 e. The Kier molecular flexibility index (Phi) is 4.51. The molecule has 0 saturated heterocycles. The number of hydrogen-bond donors (Lipinski definition) is 0. The molecule has 0 aliphatic rings. The van der Waals surface area contributed by atoms with Gasteiger partial charge in [0.25, 0.3) is 0 Å². The van der Waals surface area contributed by atoms with E-state index in [9.17, 15) is 0 Å². The lowest BCUT2D eigenvalue weighted by Gasteiger charge is -2.14. The number of aromatic nitrogens is 1. The van der Waals surface area contributed by atoms with Crippen LogP contribution in [0.3, 0.4) is 0 Å². The molecule has 0 fully saturated rings. The van der Waals surface area contributed by atoms with E-state index in [2.05, 4.69) is 0 Å². The lowest BCUT2D eigenvalue weighted by atomic mass is 10.0. The number of nitrogens with zero attached hydrogens (tertiary/aromatic N) is 1. The summed E-state index contributed by atoms with van der Waals surface area (Å²) in [4.78, 5) is 4.73. The van der Waals surface area contributed by atoms with Gasteiger partial charge in [-0.3, -0.25) is 0 Å². The van der Waals surface area contributed by atoms with Crippen LogP contribution in [0, 0.1) is 6.92 Å². The van der Waals surface area contributed by atoms with Crippen LogP contribution in [0.25, 0.3) is 22.2 Å². The van der Waals surface area contributed by atoms with Gasteiger partial charge < -0.3 is 4.74 Å². The number of rotatable bonds is 4. The van der Waals surface area contributed by atoms with E-state index in [1.165, 1.54) is 0 Å². The van der Waals surface area contributed by atoms with E-state index in [0.717, 1.165) is 27.7 Å². The topological polar surface area (TPSA) is 22.1 Å². The van der Waals surface area contributed by atoms with E-state index in [1.807, 2.05) is 55.5 Å². The van der Waals surface area contributed by atoms with Crippen LogP contribution in [-0.2, 0) is 0 Å². The van der Waals surface area contributed by atoms with Crippen molar-refractivity contribution in [2.75, 3.05) is 12.5 Å². The third-order valence-electron chi connectivity index (χ3n) is 3.51. The number of ether oxygens (including phenoxy) is 1. The maximum Gasteiger partial charge on any atom is 0.149 e. The van der Waals surface area contributed by atoms with Gasteiger partial charge in [0, 0.05) is 10.9 Å². The molecule has 112 valence electrons. The average molecular weight is 332 g/mol. The van der Waals surface area contributed by atoms with Crippen LogP contribution in [0.1, 0.15) is 5.56 Å². The Morgan fingerprint density at radius 3 is 2.55 bits per heavy atom. The molecule has 0 bridgehead atoms. The third-order valence-corrected chi connectivity index (χ3v) is 4.02. The molecule has 0 saturated carbocycles. The SMILES string of the molecule is Cc1ccccc1-c1nc2ccccc2c(OCCCl)c1Cl. The van der Waals surface area contributed by atoms with Crippen LogP contribution < -0.4 is 4.74 Å². The summed E-state index contributed by atoms with van der Waals surface area (Å²) in [5.41, 5.74) is 3.72. The van der Waals surface area contributed by atoms with Crippen molar-refractivity contribution in [2.24, 2.45) is 0 Å². The summed E-state index contributed by atoms with van der Waals surface area (Å²) >= 11 is 12.4. The number of fused-ring (bicyclic) bond motifs is 1. The summed E-state index contributed by atoms with van der Waals surface area (Å²) in [6, 6.07) is 15.9. The number of benzene rings is 2. The molecule has 2 nitrogen and oxygen atoms in total. The van der Waals surface area contributed by atoms with Crippen LogP contribution in [0.5, 0.6) is 5.75 Å². The average Bonchev–Trinajstić information content (AvgIpc) is 2.54. The fourth-order valence-electron chi connectivity index (χ4n) is 2.46. The molecule has 0 N–H and O–H groups in total. The molecule has 1 aromatic heterocycles. The molecule has 3 rings (SSSR count). The van der Waals surface area contributed by atoms with Gasteiger partial charge in [-0.15, -0.1) is 11.6 Å². The van der Waals surface area contributed by atoms with Crippen LogP contribution >= 0.6 is 23.2 Å². The summed E-state index contributed by atoms with van der Waals surface area (Å²) in [5.74, 6) is 1.05. The third kappa shape index (κ3) is 2.77. The summed E-state index contributed by atoms with van der Waals surface area (Å²) in [6.45, 7) is 2.45. The highest BCUT2D eigenvalue weighted by molar-refractivity contribution is 6.35. The van der Waals surface area contributed by atoms with E-state index < -0.39 is 0 Å². The number of para-hydroxylation sites is 1. The number of halogens is 2. The molecule has 0 spiro atoms. The minimum atomic E-state index is 0.405. The Balaban J connectivity index is 2.27. The Labute approximate surface area is 139 Å². The van der Waals surface area contributed by atoms with Gasteiger partial charge in [0.15, 0.2) is 0 Å². The van der Waals surface area contributed by atoms with Crippen molar-refractivity contribution >= 4 is 34.1 Å². The van der Waals surface area contributed by atoms with Crippen molar-refractivity contribution < 1.29 is 4.74 Å². The predicted octanol–water partition coefficient (Wildman–Crippen LogP) is 5.48. The maximum atomic E-state index is 6.60. The lowest BCUT2D eigenvalue weighted by Crippen LogP contribution is -2.01. The summed E-state index contributed by atoms with van der Waals surface area (Å²) < 4.78 is 5.80. The van der Waals surface area contributed by atoms with Crippen molar-refractivity contribution in [1.82, 2.24) is 4.98 Å².